The third kappa shape index (κ3) is 2.99. The van der Waals surface area contributed by atoms with Crippen LogP contribution in [0.1, 0.15) is 66.4 Å². The maximum Gasteiger partial charge on any atom is 0.270 e. The molecule has 3 rings (SSSR count). The number of aryl methyl sites for hydroxylation is 2. The molecular weight excluding hydrogens is 308 g/mol. The fraction of sp³-hybridized carbons (Fsp3) is 0.438. The van der Waals surface area contributed by atoms with Crippen LogP contribution in [-0.4, -0.2) is 30.7 Å². The second-order valence-corrected chi connectivity index (χ2v) is 6.17. The zero-order valence-electron chi connectivity index (χ0n) is 14.4. The van der Waals surface area contributed by atoms with Gasteiger partial charge < -0.3 is 9.73 Å². The normalized spacial score (nSPS) is 12.8. The largest absolute Gasteiger partial charge is 0.423 e. The van der Waals surface area contributed by atoms with E-state index in [4.69, 9.17) is 4.42 Å². The van der Waals surface area contributed by atoms with Crippen LogP contribution in [-0.2, 0) is 0 Å². The number of rotatable bonds is 4. The van der Waals surface area contributed by atoms with E-state index in [-0.39, 0.29) is 11.8 Å². The fourth-order valence-electron chi connectivity index (χ4n) is 2.34. The Bertz CT molecular complexity index is 895. The average molecular weight is 328 g/mol. The highest BCUT2D eigenvalue weighted by molar-refractivity contribution is 5.93. The number of hydrogen-bond acceptors (Lipinski definition) is 6. The Kier molecular flexibility index (Phi) is 4.04. The smallest absolute Gasteiger partial charge is 0.270 e. The van der Waals surface area contributed by atoms with Crippen LogP contribution < -0.4 is 5.32 Å². The van der Waals surface area contributed by atoms with Crippen molar-refractivity contribution < 1.29 is 9.21 Å². The van der Waals surface area contributed by atoms with Gasteiger partial charge in [0.1, 0.15) is 11.7 Å². The van der Waals surface area contributed by atoms with E-state index in [1.807, 2.05) is 33.8 Å². The standard InChI is InChI=1S/C16H20N6O2/c1-8(2)15-19-20-16(24-15)11(5)17-14(23)12-7-10(4)22-13(18-12)6-9(3)21-22/h6-8,11H,1-5H3,(H,17,23)/t11-/m1/s1. The lowest BCUT2D eigenvalue weighted by Gasteiger charge is -2.10. The molecule has 0 saturated heterocycles. The van der Waals surface area contributed by atoms with Crippen LogP contribution >= 0.6 is 0 Å². The van der Waals surface area contributed by atoms with E-state index in [9.17, 15) is 4.79 Å². The summed E-state index contributed by atoms with van der Waals surface area (Å²) in [6.07, 6.45) is 0. The van der Waals surface area contributed by atoms with Crippen molar-refractivity contribution in [1.82, 2.24) is 30.1 Å². The van der Waals surface area contributed by atoms with Crippen molar-refractivity contribution in [3.63, 3.8) is 0 Å². The van der Waals surface area contributed by atoms with Gasteiger partial charge in [0, 0.05) is 17.7 Å². The van der Waals surface area contributed by atoms with Gasteiger partial charge in [-0.2, -0.15) is 5.10 Å². The zero-order valence-corrected chi connectivity index (χ0v) is 14.4. The van der Waals surface area contributed by atoms with Crippen LogP contribution in [0.5, 0.6) is 0 Å². The number of nitrogens with one attached hydrogen (secondary N) is 1. The molecule has 1 N–H and O–H groups in total. The van der Waals surface area contributed by atoms with Crippen LogP contribution in [0.3, 0.4) is 0 Å². The predicted molar refractivity (Wildman–Crippen MR) is 86.7 cm³/mol. The van der Waals surface area contributed by atoms with Crippen LogP contribution in [0, 0.1) is 13.8 Å². The Morgan fingerprint density at radius 2 is 1.88 bits per heavy atom. The summed E-state index contributed by atoms with van der Waals surface area (Å²) in [5.74, 6) is 0.781. The second-order valence-electron chi connectivity index (χ2n) is 6.17. The first kappa shape index (κ1) is 16.1. The number of amides is 1. The number of hydrogen-bond donors (Lipinski definition) is 1. The molecule has 24 heavy (non-hydrogen) atoms. The van der Waals surface area contributed by atoms with E-state index < -0.39 is 6.04 Å². The summed E-state index contributed by atoms with van der Waals surface area (Å²) < 4.78 is 7.28. The van der Waals surface area contributed by atoms with Gasteiger partial charge in [-0.1, -0.05) is 13.8 Å². The van der Waals surface area contributed by atoms with Gasteiger partial charge in [-0.25, -0.2) is 9.50 Å². The minimum atomic E-state index is -0.400. The quantitative estimate of drug-likeness (QED) is 0.789. The van der Waals surface area contributed by atoms with Gasteiger partial charge in [0.15, 0.2) is 5.65 Å². The molecule has 126 valence electrons. The number of carbonyl (C=O) groups excluding carboxylic acids is 1. The van der Waals surface area contributed by atoms with Gasteiger partial charge in [0.25, 0.3) is 5.91 Å². The lowest BCUT2D eigenvalue weighted by Crippen LogP contribution is -2.28. The van der Waals surface area contributed by atoms with Crippen LogP contribution in [0.2, 0.25) is 0 Å². The van der Waals surface area contributed by atoms with Crippen LogP contribution in [0.25, 0.3) is 5.65 Å². The van der Waals surface area contributed by atoms with Gasteiger partial charge in [0.2, 0.25) is 11.8 Å². The summed E-state index contributed by atoms with van der Waals surface area (Å²) in [5, 5.41) is 15.1. The monoisotopic (exact) mass is 328 g/mol. The predicted octanol–water partition coefficient (Wildman–Crippen LogP) is 2.34. The summed E-state index contributed by atoms with van der Waals surface area (Å²) >= 11 is 0. The van der Waals surface area contributed by atoms with E-state index in [2.05, 4.69) is 25.6 Å². The topological polar surface area (TPSA) is 98.2 Å². The van der Waals surface area contributed by atoms with Crippen molar-refractivity contribution in [3.8, 4) is 0 Å². The maximum atomic E-state index is 12.5. The number of fused-ring (bicyclic) bond motifs is 1. The molecule has 0 fully saturated rings. The Labute approximate surface area is 139 Å². The molecule has 3 aromatic rings. The minimum Gasteiger partial charge on any atom is -0.423 e. The molecule has 0 unspecified atom stereocenters. The lowest BCUT2D eigenvalue weighted by molar-refractivity contribution is 0.0928. The molecule has 1 atom stereocenters. The molecule has 0 bridgehead atoms. The van der Waals surface area contributed by atoms with Crippen LogP contribution in [0.15, 0.2) is 16.5 Å². The molecule has 3 aromatic heterocycles. The third-order valence-electron chi connectivity index (χ3n) is 3.63. The van der Waals surface area contributed by atoms with Gasteiger partial charge in [-0.3, -0.25) is 4.79 Å². The summed E-state index contributed by atoms with van der Waals surface area (Å²) in [6.45, 7) is 9.50. The molecule has 0 aromatic carbocycles. The Balaban J connectivity index is 1.81. The summed E-state index contributed by atoms with van der Waals surface area (Å²) in [4.78, 5) is 16.8. The van der Waals surface area contributed by atoms with Gasteiger partial charge in [-0.05, 0) is 26.8 Å². The van der Waals surface area contributed by atoms with Gasteiger partial charge in [0.05, 0.1) is 5.69 Å². The highest BCUT2D eigenvalue weighted by Crippen LogP contribution is 2.17. The van der Waals surface area contributed by atoms with Gasteiger partial charge >= 0.3 is 0 Å². The molecule has 1 amide bonds. The average Bonchev–Trinajstić information content (AvgIpc) is 3.13. The minimum absolute atomic E-state index is 0.144. The van der Waals surface area contributed by atoms with E-state index in [1.165, 1.54) is 0 Å². The highest BCUT2D eigenvalue weighted by Gasteiger charge is 2.20. The Morgan fingerprint density at radius 3 is 2.54 bits per heavy atom. The fourth-order valence-corrected chi connectivity index (χ4v) is 2.34. The van der Waals surface area contributed by atoms with E-state index in [0.29, 0.717) is 23.1 Å². The summed E-state index contributed by atoms with van der Waals surface area (Å²) in [5.41, 5.74) is 2.66. The molecule has 3 heterocycles. The lowest BCUT2D eigenvalue weighted by atomic mass is 10.2. The number of aromatic nitrogens is 5. The summed E-state index contributed by atoms with van der Waals surface area (Å²) in [6, 6.07) is 3.14. The first-order valence-electron chi connectivity index (χ1n) is 7.83. The molecule has 0 aliphatic rings. The van der Waals surface area contributed by atoms with E-state index in [1.54, 1.807) is 17.5 Å². The second kappa shape index (κ2) is 6.03. The third-order valence-corrected chi connectivity index (χ3v) is 3.63. The maximum absolute atomic E-state index is 12.5. The molecule has 0 saturated carbocycles. The first-order valence-corrected chi connectivity index (χ1v) is 7.83. The zero-order chi connectivity index (χ0) is 17.4. The van der Waals surface area contributed by atoms with Gasteiger partial charge in [-0.15, -0.1) is 10.2 Å². The highest BCUT2D eigenvalue weighted by atomic mass is 16.4. The molecule has 8 heteroatoms. The van der Waals surface area contributed by atoms with Crippen molar-refractivity contribution in [2.24, 2.45) is 0 Å². The van der Waals surface area contributed by atoms with E-state index in [0.717, 1.165) is 11.4 Å². The van der Waals surface area contributed by atoms with E-state index >= 15 is 0 Å². The van der Waals surface area contributed by atoms with Crippen molar-refractivity contribution in [3.05, 3.63) is 41.0 Å². The van der Waals surface area contributed by atoms with Crippen molar-refractivity contribution in [1.29, 1.82) is 0 Å². The molecule has 0 aliphatic carbocycles. The van der Waals surface area contributed by atoms with Crippen molar-refractivity contribution in [2.45, 2.75) is 46.6 Å². The van der Waals surface area contributed by atoms with Crippen molar-refractivity contribution in [2.75, 3.05) is 0 Å². The molecule has 0 radical (unpaired) electrons. The first-order chi connectivity index (χ1) is 11.3. The molecule has 0 spiro atoms. The number of carbonyl (C=O) groups is 1. The SMILES string of the molecule is Cc1cc2nc(C(=O)N[C@H](C)c3nnc(C(C)C)o3)cc(C)n2n1. The van der Waals surface area contributed by atoms with Crippen molar-refractivity contribution >= 4 is 11.6 Å². The van der Waals surface area contributed by atoms with Crippen LogP contribution in [0.4, 0.5) is 0 Å². The Morgan fingerprint density at radius 1 is 1.17 bits per heavy atom. The Hall–Kier alpha value is -2.77. The molecular formula is C16H20N6O2. The summed E-state index contributed by atoms with van der Waals surface area (Å²) in [7, 11) is 0. The molecule has 8 nitrogen and oxygen atoms in total. The number of nitrogens with zero attached hydrogens (tertiary/aromatic N) is 5. The molecule has 0 aliphatic heterocycles.